The van der Waals surface area contributed by atoms with Crippen LogP contribution in [0.5, 0.6) is 0 Å². The fraction of sp³-hybridized carbons (Fsp3) is 0.176. The Balaban J connectivity index is 2.25. The monoisotopic (exact) mass is 322 g/mol. The molecule has 0 aliphatic heterocycles. The molecule has 0 fully saturated rings. The summed E-state index contributed by atoms with van der Waals surface area (Å²) in [4.78, 5) is 20.2. The molecule has 3 aromatic rings. The first kappa shape index (κ1) is 15.7. The van der Waals surface area contributed by atoms with E-state index in [1.54, 1.807) is 10.9 Å². The maximum absolute atomic E-state index is 12.2. The number of amides is 1. The van der Waals surface area contributed by atoms with Gasteiger partial charge in [-0.3, -0.25) is 9.78 Å². The normalized spacial score (nSPS) is 10.8. The molecule has 7 heteroatoms. The van der Waals surface area contributed by atoms with E-state index in [2.05, 4.69) is 15.1 Å². The van der Waals surface area contributed by atoms with Crippen molar-refractivity contribution < 1.29 is 4.79 Å². The number of hydrogen-bond donors (Lipinski definition) is 2. The highest BCUT2D eigenvalue weighted by atomic mass is 16.1. The van der Waals surface area contributed by atoms with Gasteiger partial charge in [0.2, 0.25) is 0 Å². The van der Waals surface area contributed by atoms with Crippen molar-refractivity contribution in [3.63, 3.8) is 0 Å². The summed E-state index contributed by atoms with van der Waals surface area (Å²) in [6.45, 7) is 3.96. The standard InChI is InChI=1S/C17H18N6O/c1-3-14-12(16(24)22-17(18)19)9-21-23(14)15-10(2)6-7-13-11(15)5-4-8-20-13/h4-9H,3H2,1-2H3,(H4,18,19,22,24). The van der Waals surface area contributed by atoms with Crippen LogP contribution in [0.1, 0.15) is 28.5 Å². The summed E-state index contributed by atoms with van der Waals surface area (Å²) in [5, 5.41) is 5.38. The number of aryl methyl sites for hydroxylation is 1. The van der Waals surface area contributed by atoms with Crippen molar-refractivity contribution in [3.05, 3.63) is 53.5 Å². The number of nitrogens with zero attached hydrogens (tertiary/aromatic N) is 4. The van der Waals surface area contributed by atoms with Crippen LogP contribution in [0.25, 0.3) is 16.6 Å². The van der Waals surface area contributed by atoms with Gasteiger partial charge in [0.15, 0.2) is 5.96 Å². The number of benzene rings is 1. The maximum atomic E-state index is 12.2. The summed E-state index contributed by atoms with van der Waals surface area (Å²) < 4.78 is 1.77. The predicted molar refractivity (Wildman–Crippen MR) is 93.1 cm³/mol. The van der Waals surface area contributed by atoms with Crippen molar-refractivity contribution in [2.45, 2.75) is 20.3 Å². The van der Waals surface area contributed by atoms with Crippen LogP contribution in [-0.4, -0.2) is 26.6 Å². The molecule has 2 aromatic heterocycles. The van der Waals surface area contributed by atoms with Gasteiger partial charge in [-0.2, -0.15) is 10.1 Å². The van der Waals surface area contributed by atoms with Crippen molar-refractivity contribution in [2.75, 3.05) is 0 Å². The third-order valence-electron chi connectivity index (χ3n) is 3.83. The second-order valence-corrected chi connectivity index (χ2v) is 5.41. The van der Waals surface area contributed by atoms with E-state index in [1.807, 2.05) is 38.1 Å². The Kier molecular flexibility index (Phi) is 3.99. The van der Waals surface area contributed by atoms with Crippen LogP contribution in [0.4, 0.5) is 0 Å². The zero-order valence-corrected chi connectivity index (χ0v) is 13.5. The predicted octanol–water partition coefficient (Wildman–Crippen LogP) is 1.70. The lowest BCUT2D eigenvalue weighted by atomic mass is 10.1. The van der Waals surface area contributed by atoms with Gasteiger partial charge in [-0.05, 0) is 37.1 Å². The van der Waals surface area contributed by atoms with Crippen LogP contribution in [0.2, 0.25) is 0 Å². The lowest BCUT2D eigenvalue weighted by Gasteiger charge is -2.13. The van der Waals surface area contributed by atoms with E-state index in [0.29, 0.717) is 12.0 Å². The summed E-state index contributed by atoms with van der Waals surface area (Å²) in [6.07, 6.45) is 3.86. The van der Waals surface area contributed by atoms with Gasteiger partial charge >= 0.3 is 0 Å². The highest BCUT2D eigenvalue weighted by Gasteiger charge is 2.19. The number of carbonyl (C=O) groups is 1. The Morgan fingerprint density at radius 2 is 2.08 bits per heavy atom. The first-order chi connectivity index (χ1) is 11.5. The number of carbonyl (C=O) groups excluding carboxylic acids is 1. The number of pyridine rings is 1. The van der Waals surface area contributed by atoms with Crippen LogP contribution in [0.3, 0.4) is 0 Å². The number of hydrogen-bond acceptors (Lipinski definition) is 3. The Morgan fingerprint density at radius 3 is 2.79 bits per heavy atom. The van der Waals surface area contributed by atoms with E-state index in [4.69, 9.17) is 11.5 Å². The molecule has 7 nitrogen and oxygen atoms in total. The molecule has 2 heterocycles. The largest absolute Gasteiger partial charge is 0.370 e. The topological polar surface area (TPSA) is 112 Å². The van der Waals surface area contributed by atoms with E-state index < -0.39 is 5.91 Å². The quantitative estimate of drug-likeness (QED) is 0.563. The van der Waals surface area contributed by atoms with Gasteiger partial charge in [-0.25, -0.2) is 4.68 Å². The second kappa shape index (κ2) is 6.11. The molecule has 0 unspecified atom stereocenters. The third kappa shape index (κ3) is 2.60. The van der Waals surface area contributed by atoms with Gasteiger partial charge < -0.3 is 11.5 Å². The fourth-order valence-corrected chi connectivity index (χ4v) is 2.79. The zero-order valence-electron chi connectivity index (χ0n) is 13.5. The number of nitrogens with two attached hydrogens (primary N) is 2. The Morgan fingerprint density at radius 1 is 1.29 bits per heavy atom. The van der Waals surface area contributed by atoms with E-state index in [-0.39, 0.29) is 5.96 Å². The molecular weight excluding hydrogens is 304 g/mol. The molecule has 0 spiro atoms. The highest BCUT2D eigenvalue weighted by Crippen LogP contribution is 2.26. The SMILES string of the molecule is CCc1c(C(=O)N=C(N)N)cnn1-c1c(C)ccc2ncccc12. The van der Waals surface area contributed by atoms with Crippen LogP contribution in [0, 0.1) is 6.92 Å². The lowest BCUT2D eigenvalue weighted by molar-refractivity contribution is 0.100. The first-order valence-corrected chi connectivity index (χ1v) is 7.58. The van der Waals surface area contributed by atoms with Crippen molar-refractivity contribution in [3.8, 4) is 5.69 Å². The van der Waals surface area contributed by atoms with Crippen LogP contribution in [-0.2, 0) is 6.42 Å². The van der Waals surface area contributed by atoms with Gasteiger partial charge in [-0.1, -0.05) is 13.0 Å². The summed E-state index contributed by atoms with van der Waals surface area (Å²) in [6, 6.07) is 7.83. The van der Waals surface area contributed by atoms with E-state index >= 15 is 0 Å². The molecule has 0 atom stereocenters. The van der Waals surface area contributed by atoms with Crippen molar-refractivity contribution in [1.29, 1.82) is 0 Å². The van der Waals surface area contributed by atoms with Gasteiger partial charge in [0.1, 0.15) is 0 Å². The molecule has 4 N–H and O–H groups in total. The minimum absolute atomic E-state index is 0.264. The number of aliphatic imine (C=N–C) groups is 1. The van der Waals surface area contributed by atoms with E-state index in [9.17, 15) is 4.79 Å². The Labute approximate surface area is 139 Å². The number of rotatable bonds is 3. The number of fused-ring (bicyclic) bond motifs is 1. The van der Waals surface area contributed by atoms with Crippen LogP contribution in [0.15, 0.2) is 41.7 Å². The molecular formula is C17H18N6O. The molecule has 0 aliphatic rings. The molecule has 0 bridgehead atoms. The molecule has 0 saturated heterocycles. The minimum Gasteiger partial charge on any atom is -0.370 e. The smallest absolute Gasteiger partial charge is 0.283 e. The summed E-state index contributed by atoms with van der Waals surface area (Å²) in [7, 11) is 0. The molecule has 0 aliphatic carbocycles. The molecule has 1 aromatic carbocycles. The molecule has 24 heavy (non-hydrogen) atoms. The Hall–Kier alpha value is -3.22. The maximum Gasteiger partial charge on any atom is 0.283 e. The first-order valence-electron chi connectivity index (χ1n) is 7.58. The number of aromatic nitrogens is 3. The fourth-order valence-electron chi connectivity index (χ4n) is 2.79. The molecule has 1 amide bonds. The van der Waals surface area contributed by atoms with Crippen molar-refractivity contribution in [2.24, 2.45) is 16.5 Å². The van der Waals surface area contributed by atoms with Gasteiger partial charge in [-0.15, -0.1) is 0 Å². The average Bonchev–Trinajstić information content (AvgIpc) is 2.97. The van der Waals surface area contributed by atoms with Crippen molar-refractivity contribution in [1.82, 2.24) is 14.8 Å². The summed E-state index contributed by atoms with van der Waals surface area (Å²) in [5.41, 5.74) is 14.6. The summed E-state index contributed by atoms with van der Waals surface area (Å²) >= 11 is 0. The second-order valence-electron chi connectivity index (χ2n) is 5.41. The third-order valence-corrected chi connectivity index (χ3v) is 3.83. The zero-order chi connectivity index (χ0) is 17.3. The number of guanidine groups is 1. The lowest BCUT2D eigenvalue weighted by Crippen LogP contribution is -2.24. The average molecular weight is 322 g/mol. The molecule has 0 saturated carbocycles. The van der Waals surface area contributed by atoms with Gasteiger partial charge in [0.25, 0.3) is 5.91 Å². The van der Waals surface area contributed by atoms with E-state index in [1.165, 1.54) is 6.20 Å². The van der Waals surface area contributed by atoms with Gasteiger partial charge in [0, 0.05) is 11.6 Å². The van der Waals surface area contributed by atoms with Crippen molar-refractivity contribution >= 4 is 22.8 Å². The molecule has 122 valence electrons. The van der Waals surface area contributed by atoms with Gasteiger partial charge in [0.05, 0.1) is 28.7 Å². The minimum atomic E-state index is -0.492. The highest BCUT2D eigenvalue weighted by molar-refractivity contribution is 6.02. The van der Waals surface area contributed by atoms with E-state index in [0.717, 1.165) is 27.8 Å². The van der Waals surface area contributed by atoms with Crippen LogP contribution >= 0.6 is 0 Å². The summed E-state index contributed by atoms with van der Waals surface area (Å²) in [5.74, 6) is -0.755. The van der Waals surface area contributed by atoms with Crippen LogP contribution < -0.4 is 11.5 Å². The molecule has 3 rings (SSSR count). The Bertz CT molecular complexity index is 953. The molecule has 0 radical (unpaired) electrons.